The summed E-state index contributed by atoms with van der Waals surface area (Å²) in [5.41, 5.74) is 3.53. The van der Waals surface area contributed by atoms with Gasteiger partial charge in [-0.1, -0.05) is 0 Å². The molecule has 1 N–H and O–H groups in total. The summed E-state index contributed by atoms with van der Waals surface area (Å²) in [5, 5.41) is 6.32. The van der Waals surface area contributed by atoms with Gasteiger partial charge < -0.3 is 5.32 Å². The van der Waals surface area contributed by atoms with Crippen molar-refractivity contribution < 1.29 is 0 Å². The zero-order valence-electron chi connectivity index (χ0n) is 8.82. The van der Waals surface area contributed by atoms with Gasteiger partial charge in [0.1, 0.15) is 0 Å². The third-order valence-electron chi connectivity index (χ3n) is 2.19. The van der Waals surface area contributed by atoms with Crippen LogP contribution < -0.4 is 5.32 Å². The lowest BCUT2D eigenvalue weighted by Gasteiger charge is -2.05. The van der Waals surface area contributed by atoms with Crippen LogP contribution in [-0.4, -0.2) is 9.97 Å². The van der Waals surface area contributed by atoms with E-state index in [0.29, 0.717) is 0 Å². The highest BCUT2D eigenvalue weighted by Gasteiger charge is 2.00. The summed E-state index contributed by atoms with van der Waals surface area (Å²) in [5.74, 6) is 0. The van der Waals surface area contributed by atoms with Crippen molar-refractivity contribution in [3.63, 3.8) is 0 Å². The van der Waals surface area contributed by atoms with Crippen LogP contribution in [0.1, 0.15) is 16.8 Å². The zero-order chi connectivity index (χ0) is 10.7. The van der Waals surface area contributed by atoms with Gasteiger partial charge in [0.15, 0.2) is 5.13 Å². The van der Waals surface area contributed by atoms with Crippen molar-refractivity contribution in [1.29, 1.82) is 0 Å². The summed E-state index contributed by atoms with van der Waals surface area (Å²) >= 11 is 1.64. The molecule has 2 aromatic rings. The average Bonchev–Trinajstić information content (AvgIpc) is 2.63. The lowest BCUT2D eigenvalue weighted by Crippen LogP contribution is -2.01. The second kappa shape index (κ2) is 4.40. The smallest absolute Gasteiger partial charge is 0.183 e. The van der Waals surface area contributed by atoms with Gasteiger partial charge in [0, 0.05) is 24.3 Å². The standard InChI is InChI=1S/C11H13N3S/c1-8-5-12-4-3-10(8)6-13-11-14-9(2)7-15-11/h3-5,7H,6H2,1-2H3,(H,13,14). The molecule has 0 bridgehead atoms. The molecule has 0 aromatic carbocycles. The molecular weight excluding hydrogens is 206 g/mol. The number of hydrogen-bond acceptors (Lipinski definition) is 4. The summed E-state index contributed by atoms with van der Waals surface area (Å²) in [6.45, 7) is 4.87. The first-order chi connectivity index (χ1) is 7.25. The second-order valence-corrected chi connectivity index (χ2v) is 4.31. The summed E-state index contributed by atoms with van der Waals surface area (Å²) in [6.07, 6.45) is 3.70. The van der Waals surface area contributed by atoms with E-state index in [2.05, 4.69) is 22.2 Å². The molecule has 2 heterocycles. The van der Waals surface area contributed by atoms with Crippen LogP contribution in [0.15, 0.2) is 23.8 Å². The largest absolute Gasteiger partial charge is 0.357 e. The van der Waals surface area contributed by atoms with E-state index in [1.54, 1.807) is 11.3 Å². The summed E-state index contributed by atoms with van der Waals surface area (Å²) < 4.78 is 0. The normalized spacial score (nSPS) is 10.3. The van der Waals surface area contributed by atoms with Crippen molar-refractivity contribution >= 4 is 16.5 Å². The van der Waals surface area contributed by atoms with E-state index in [9.17, 15) is 0 Å². The van der Waals surface area contributed by atoms with Gasteiger partial charge in [-0.05, 0) is 31.0 Å². The van der Waals surface area contributed by atoms with E-state index in [1.165, 1.54) is 11.1 Å². The molecule has 0 atom stereocenters. The number of aryl methyl sites for hydroxylation is 2. The highest BCUT2D eigenvalue weighted by atomic mass is 32.1. The van der Waals surface area contributed by atoms with Gasteiger partial charge in [-0.2, -0.15) is 0 Å². The first kappa shape index (κ1) is 10.1. The molecule has 3 nitrogen and oxygen atoms in total. The minimum absolute atomic E-state index is 0.807. The van der Waals surface area contributed by atoms with Gasteiger partial charge in [-0.3, -0.25) is 4.98 Å². The maximum absolute atomic E-state index is 4.35. The van der Waals surface area contributed by atoms with Crippen molar-refractivity contribution in [3.8, 4) is 0 Å². The maximum Gasteiger partial charge on any atom is 0.183 e. The second-order valence-electron chi connectivity index (χ2n) is 3.45. The van der Waals surface area contributed by atoms with Gasteiger partial charge in [0.2, 0.25) is 0 Å². The first-order valence-electron chi connectivity index (χ1n) is 4.81. The third-order valence-corrected chi connectivity index (χ3v) is 3.10. The topological polar surface area (TPSA) is 37.8 Å². The van der Waals surface area contributed by atoms with Crippen molar-refractivity contribution in [2.45, 2.75) is 20.4 Å². The molecule has 2 rings (SSSR count). The summed E-state index contributed by atoms with van der Waals surface area (Å²) in [7, 11) is 0. The lowest BCUT2D eigenvalue weighted by molar-refractivity contribution is 1.08. The number of nitrogens with zero attached hydrogens (tertiary/aromatic N) is 2. The molecule has 2 aromatic heterocycles. The predicted molar refractivity (Wildman–Crippen MR) is 63.2 cm³/mol. The number of nitrogens with one attached hydrogen (secondary N) is 1. The van der Waals surface area contributed by atoms with E-state index in [4.69, 9.17) is 0 Å². The summed E-state index contributed by atoms with van der Waals surface area (Å²) in [6, 6.07) is 2.03. The predicted octanol–water partition coefficient (Wildman–Crippen LogP) is 2.77. The molecule has 0 radical (unpaired) electrons. The summed E-state index contributed by atoms with van der Waals surface area (Å²) in [4.78, 5) is 8.41. The van der Waals surface area contributed by atoms with Crippen LogP contribution in [0.2, 0.25) is 0 Å². The van der Waals surface area contributed by atoms with Crippen LogP contribution in [0.5, 0.6) is 0 Å². The lowest BCUT2D eigenvalue weighted by atomic mass is 10.2. The van der Waals surface area contributed by atoms with Crippen LogP contribution in [-0.2, 0) is 6.54 Å². The molecule has 15 heavy (non-hydrogen) atoms. The number of thiazole rings is 1. The number of pyridine rings is 1. The van der Waals surface area contributed by atoms with Crippen molar-refractivity contribution in [3.05, 3.63) is 40.7 Å². The van der Waals surface area contributed by atoms with E-state index in [0.717, 1.165) is 17.4 Å². The zero-order valence-corrected chi connectivity index (χ0v) is 9.64. The Kier molecular flexibility index (Phi) is 2.97. The van der Waals surface area contributed by atoms with Crippen LogP contribution in [0.4, 0.5) is 5.13 Å². The SMILES string of the molecule is Cc1csc(NCc2ccncc2C)n1. The van der Waals surface area contributed by atoms with Gasteiger partial charge in [0.25, 0.3) is 0 Å². The van der Waals surface area contributed by atoms with Crippen molar-refractivity contribution in [1.82, 2.24) is 9.97 Å². The first-order valence-corrected chi connectivity index (χ1v) is 5.69. The Labute approximate surface area is 93.2 Å². The molecule has 0 spiro atoms. The Morgan fingerprint density at radius 3 is 2.93 bits per heavy atom. The van der Waals surface area contributed by atoms with Gasteiger partial charge in [-0.15, -0.1) is 11.3 Å². The van der Waals surface area contributed by atoms with Crippen molar-refractivity contribution in [2.24, 2.45) is 0 Å². The quantitative estimate of drug-likeness (QED) is 0.862. The van der Waals surface area contributed by atoms with E-state index in [-0.39, 0.29) is 0 Å². The number of anilines is 1. The fraction of sp³-hybridized carbons (Fsp3) is 0.273. The monoisotopic (exact) mass is 219 g/mol. The molecule has 0 aliphatic heterocycles. The van der Waals surface area contributed by atoms with Crippen LogP contribution in [0.3, 0.4) is 0 Å². The molecule has 78 valence electrons. The molecule has 0 aliphatic carbocycles. The molecule has 0 fully saturated rings. The maximum atomic E-state index is 4.35. The Morgan fingerprint density at radius 2 is 2.27 bits per heavy atom. The Morgan fingerprint density at radius 1 is 1.40 bits per heavy atom. The van der Waals surface area contributed by atoms with Crippen LogP contribution >= 0.6 is 11.3 Å². The van der Waals surface area contributed by atoms with Gasteiger partial charge in [0.05, 0.1) is 5.69 Å². The fourth-order valence-electron chi connectivity index (χ4n) is 1.31. The molecule has 0 aliphatic rings. The average molecular weight is 219 g/mol. The Balaban J connectivity index is 2.02. The minimum atomic E-state index is 0.807. The highest BCUT2D eigenvalue weighted by Crippen LogP contribution is 2.16. The molecule has 0 saturated heterocycles. The van der Waals surface area contributed by atoms with E-state index < -0.39 is 0 Å². The van der Waals surface area contributed by atoms with E-state index in [1.807, 2.05) is 30.8 Å². The molecule has 0 amide bonds. The van der Waals surface area contributed by atoms with Gasteiger partial charge >= 0.3 is 0 Å². The Hall–Kier alpha value is -1.42. The van der Waals surface area contributed by atoms with Crippen molar-refractivity contribution in [2.75, 3.05) is 5.32 Å². The fourth-order valence-corrected chi connectivity index (χ4v) is 1.99. The van der Waals surface area contributed by atoms with Crippen LogP contribution in [0.25, 0.3) is 0 Å². The molecule has 0 saturated carbocycles. The van der Waals surface area contributed by atoms with Gasteiger partial charge in [-0.25, -0.2) is 4.98 Å². The highest BCUT2D eigenvalue weighted by molar-refractivity contribution is 7.13. The van der Waals surface area contributed by atoms with Crippen LogP contribution in [0, 0.1) is 13.8 Å². The molecule has 0 unspecified atom stereocenters. The Bertz CT molecular complexity index is 451. The number of aromatic nitrogens is 2. The molecular formula is C11H13N3S. The minimum Gasteiger partial charge on any atom is -0.357 e. The molecule has 4 heteroatoms. The van der Waals surface area contributed by atoms with E-state index >= 15 is 0 Å². The number of hydrogen-bond donors (Lipinski definition) is 1. The third kappa shape index (κ3) is 2.53. The number of rotatable bonds is 3.